The molecule has 0 aliphatic rings. The zero-order valence-electron chi connectivity index (χ0n) is 10.4. The van der Waals surface area contributed by atoms with E-state index in [4.69, 9.17) is 16.9 Å². The quantitative estimate of drug-likeness (QED) is 0.875. The van der Waals surface area contributed by atoms with Gasteiger partial charge in [-0.25, -0.2) is 4.98 Å². The molecule has 1 aromatic heterocycles. The molecule has 0 bridgehead atoms. The Morgan fingerprint density at radius 1 is 1.53 bits per heavy atom. The van der Waals surface area contributed by atoms with E-state index in [1.165, 1.54) is 6.07 Å². The van der Waals surface area contributed by atoms with E-state index in [-0.39, 0.29) is 11.1 Å². The molecule has 1 amide bonds. The van der Waals surface area contributed by atoms with E-state index in [9.17, 15) is 4.79 Å². The van der Waals surface area contributed by atoms with Crippen LogP contribution in [-0.2, 0) is 0 Å². The lowest BCUT2D eigenvalue weighted by molar-refractivity contribution is 0.0946. The topological polar surface area (TPSA) is 65.8 Å². The third kappa shape index (κ3) is 2.83. The van der Waals surface area contributed by atoms with Crippen molar-refractivity contribution in [3.05, 3.63) is 41.0 Å². The number of nitrogens with one attached hydrogen (secondary N) is 1. The molecule has 0 saturated heterocycles. The second kappa shape index (κ2) is 5.68. The monoisotopic (exact) mass is 273 g/mol. The fourth-order valence-electron chi connectivity index (χ4n) is 1.79. The summed E-state index contributed by atoms with van der Waals surface area (Å²) in [7, 11) is 0. The predicted octanol–water partition coefficient (Wildman–Crippen LogP) is 2.92. The summed E-state index contributed by atoms with van der Waals surface area (Å²) in [6, 6.07) is 10.3. The summed E-state index contributed by atoms with van der Waals surface area (Å²) in [6.45, 7) is 1.84. The first-order valence-corrected chi connectivity index (χ1v) is 6.29. The molecular formula is C14H12ClN3O. The Hall–Kier alpha value is -2.12. The van der Waals surface area contributed by atoms with Gasteiger partial charge in [0, 0.05) is 5.39 Å². The number of benzene rings is 1. The van der Waals surface area contributed by atoms with Crippen molar-refractivity contribution in [3.63, 3.8) is 0 Å². The molecule has 96 valence electrons. The molecule has 0 saturated carbocycles. The molecule has 0 spiro atoms. The van der Waals surface area contributed by atoms with Crippen molar-refractivity contribution in [1.29, 1.82) is 5.26 Å². The molecule has 0 aliphatic heterocycles. The van der Waals surface area contributed by atoms with E-state index in [0.717, 1.165) is 5.39 Å². The Balaban J connectivity index is 2.44. The lowest BCUT2D eigenvalue weighted by Crippen LogP contribution is -2.33. The number of carbonyl (C=O) groups is 1. The lowest BCUT2D eigenvalue weighted by Gasteiger charge is -2.11. The van der Waals surface area contributed by atoms with Gasteiger partial charge in [-0.1, -0.05) is 36.7 Å². The standard InChI is InChI=1S/C14H12ClN3O/c1-2-9(8-16)17-14(19)11-7-13(15)18-12-6-4-3-5-10(11)12/h3-7,9H,2H2,1H3,(H,17,19). The Morgan fingerprint density at radius 2 is 2.26 bits per heavy atom. The van der Waals surface area contributed by atoms with Crippen molar-refractivity contribution >= 4 is 28.4 Å². The maximum atomic E-state index is 12.2. The highest BCUT2D eigenvalue weighted by Crippen LogP contribution is 2.20. The molecule has 4 nitrogen and oxygen atoms in total. The van der Waals surface area contributed by atoms with E-state index >= 15 is 0 Å². The lowest BCUT2D eigenvalue weighted by atomic mass is 10.1. The summed E-state index contributed by atoms with van der Waals surface area (Å²) in [4.78, 5) is 16.3. The number of amides is 1. The number of fused-ring (bicyclic) bond motifs is 1. The zero-order valence-corrected chi connectivity index (χ0v) is 11.1. The molecule has 1 heterocycles. The molecule has 1 N–H and O–H groups in total. The summed E-state index contributed by atoms with van der Waals surface area (Å²) in [5.74, 6) is -0.311. The van der Waals surface area contributed by atoms with Crippen LogP contribution in [0.1, 0.15) is 23.7 Å². The van der Waals surface area contributed by atoms with E-state index in [0.29, 0.717) is 17.5 Å². The first-order valence-electron chi connectivity index (χ1n) is 5.91. The number of para-hydroxylation sites is 1. The summed E-state index contributed by atoms with van der Waals surface area (Å²) in [5, 5.41) is 12.5. The van der Waals surface area contributed by atoms with Crippen LogP contribution in [0.5, 0.6) is 0 Å². The van der Waals surface area contributed by atoms with Crippen LogP contribution in [0.15, 0.2) is 30.3 Å². The molecule has 5 heteroatoms. The van der Waals surface area contributed by atoms with E-state index < -0.39 is 6.04 Å². The minimum absolute atomic E-state index is 0.258. The molecule has 0 fully saturated rings. The average molecular weight is 274 g/mol. The number of rotatable bonds is 3. The van der Waals surface area contributed by atoms with E-state index in [1.54, 1.807) is 12.1 Å². The van der Waals surface area contributed by atoms with Gasteiger partial charge in [-0.05, 0) is 18.6 Å². The maximum absolute atomic E-state index is 12.2. The van der Waals surface area contributed by atoms with Gasteiger partial charge in [0.1, 0.15) is 11.2 Å². The third-order valence-corrected chi connectivity index (χ3v) is 2.99. The Labute approximate surface area is 116 Å². The van der Waals surface area contributed by atoms with Crippen LogP contribution in [0.3, 0.4) is 0 Å². The van der Waals surface area contributed by atoms with Gasteiger partial charge in [0.25, 0.3) is 5.91 Å². The first kappa shape index (κ1) is 13.3. The minimum atomic E-state index is -0.502. The number of halogens is 1. The fourth-order valence-corrected chi connectivity index (χ4v) is 1.99. The second-order valence-corrected chi connectivity index (χ2v) is 4.46. The van der Waals surface area contributed by atoms with Crippen molar-refractivity contribution in [3.8, 4) is 6.07 Å². The largest absolute Gasteiger partial charge is 0.336 e. The van der Waals surface area contributed by atoms with Crippen LogP contribution >= 0.6 is 11.6 Å². The molecule has 0 aliphatic carbocycles. The van der Waals surface area contributed by atoms with Gasteiger partial charge in [-0.3, -0.25) is 4.79 Å². The van der Waals surface area contributed by atoms with E-state index in [1.807, 2.05) is 25.1 Å². The Kier molecular flexibility index (Phi) is 3.98. The van der Waals surface area contributed by atoms with Crippen LogP contribution < -0.4 is 5.32 Å². The highest BCUT2D eigenvalue weighted by Gasteiger charge is 2.15. The number of hydrogen-bond acceptors (Lipinski definition) is 3. The van der Waals surface area contributed by atoms with Gasteiger partial charge >= 0.3 is 0 Å². The summed E-state index contributed by atoms with van der Waals surface area (Å²) in [6.07, 6.45) is 0.555. The predicted molar refractivity (Wildman–Crippen MR) is 73.9 cm³/mol. The molecule has 2 aromatic rings. The molecule has 2 rings (SSSR count). The summed E-state index contributed by atoms with van der Waals surface area (Å²) < 4.78 is 0. The Morgan fingerprint density at radius 3 is 2.95 bits per heavy atom. The van der Waals surface area contributed by atoms with Crippen LogP contribution in [0, 0.1) is 11.3 Å². The van der Waals surface area contributed by atoms with Crippen LogP contribution in [0.4, 0.5) is 0 Å². The zero-order chi connectivity index (χ0) is 13.8. The van der Waals surface area contributed by atoms with Crippen molar-refractivity contribution in [2.45, 2.75) is 19.4 Å². The second-order valence-electron chi connectivity index (χ2n) is 4.07. The minimum Gasteiger partial charge on any atom is -0.336 e. The fraction of sp³-hybridized carbons (Fsp3) is 0.214. The molecule has 1 unspecified atom stereocenters. The van der Waals surface area contributed by atoms with Gasteiger partial charge in [-0.15, -0.1) is 0 Å². The molecule has 1 aromatic carbocycles. The maximum Gasteiger partial charge on any atom is 0.253 e. The highest BCUT2D eigenvalue weighted by atomic mass is 35.5. The van der Waals surface area contributed by atoms with Crippen molar-refractivity contribution in [2.24, 2.45) is 0 Å². The van der Waals surface area contributed by atoms with Crippen molar-refractivity contribution < 1.29 is 4.79 Å². The van der Waals surface area contributed by atoms with Crippen molar-refractivity contribution in [1.82, 2.24) is 10.3 Å². The summed E-state index contributed by atoms with van der Waals surface area (Å²) in [5.41, 5.74) is 1.09. The highest BCUT2D eigenvalue weighted by molar-refractivity contribution is 6.30. The number of nitriles is 1. The van der Waals surface area contributed by atoms with Gasteiger partial charge < -0.3 is 5.32 Å². The molecule has 19 heavy (non-hydrogen) atoms. The number of aromatic nitrogens is 1. The average Bonchev–Trinajstić information content (AvgIpc) is 2.43. The molecule has 1 atom stereocenters. The number of nitrogens with zero attached hydrogens (tertiary/aromatic N) is 2. The van der Waals surface area contributed by atoms with Gasteiger partial charge in [0.05, 0.1) is 17.1 Å². The normalized spacial score (nSPS) is 11.8. The van der Waals surface area contributed by atoms with Crippen LogP contribution in [0.2, 0.25) is 5.15 Å². The van der Waals surface area contributed by atoms with Crippen molar-refractivity contribution in [2.75, 3.05) is 0 Å². The number of carbonyl (C=O) groups excluding carboxylic acids is 1. The molecule has 0 radical (unpaired) electrons. The third-order valence-electron chi connectivity index (χ3n) is 2.80. The van der Waals surface area contributed by atoms with Gasteiger partial charge in [0.2, 0.25) is 0 Å². The van der Waals surface area contributed by atoms with Crippen LogP contribution in [0.25, 0.3) is 10.9 Å². The number of hydrogen-bond donors (Lipinski definition) is 1. The summed E-state index contributed by atoms with van der Waals surface area (Å²) >= 11 is 5.92. The Bertz CT molecular complexity index is 663. The van der Waals surface area contributed by atoms with Gasteiger partial charge in [0.15, 0.2) is 0 Å². The van der Waals surface area contributed by atoms with Gasteiger partial charge in [-0.2, -0.15) is 5.26 Å². The number of pyridine rings is 1. The van der Waals surface area contributed by atoms with E-state index in [2.05, 4.69) is 10.3 Å². The van der Waals surface area contributed by atoms with Crippen LogP contribution in [-0.4, -0.2) is 16.9 Å². The molecular weight excluding hydrogens is 262 g/mol. The smallest absolute Gasteiger partial charge is 0.253 e. The SMILES string of the molecule is CCC(C#N)NC(=O)c1cc(Cl)nc2ccccc12. The first-order chi connectivity index (χ1) is 9.15.